The Hall–Kier alpha value is -2.41. The number of hydrogen-bond acceptors (Lipinski definition) is 3. The van der Waals surface area contributed by atoms with Crippen LogP contribution in [0.1, 0.15) is 28.5 Å². The third-order valence-corrected chi connectivity index (χ3v) is 3.39. The molecule has 0 aliphatic rings. The van der Waals surface area contributed by atoms with Crippen LogP contribution in [-0.2, 0) is 11.8 Å². The number of aromatic nitrogens is 2. The molecular formula is C14H13ClFN3O3. The summed E-state index contributed by atoms with van der Waals surface area (Å²) in [5, 5.41) is 15.3. The molecule has 0 saturated heterocycles. The molecule has 1 heterocycles. The molecule has 1 amide bonds. The topological polar surface area (TPSA) is 84.2 Å². The molecule has 116 valence electrons. The second-order valence-corrected chi connectivity index (χ2v) is 5.04. The van der Waals surface area contributed by atoms with Crippen molar-refractivity contribution in [1.82, 2.24) is 15.1 Å². The van der Waals surface area contributed by atoms with Crippen LogP contribution in [0.3, 0.4) is 0 Å². The summed E-state index contributed by atoms with van der Waals surface area (Å²) in [7, 11) is 1.59. The van der Waals surface area contributed by atoms with Crippen LogP contribution in [0.25, 0.3) is 0 Å². The Kier molecular flexibility index (Phi) is 4.77. The number of hydrogen-bond donors (Lipinski definition) is 2. The maximum Gasteiger partial charge on any atom is 0.305 e. The molecule has 6 nitrogen and oxygen atoms in total. The first-order valence-corrected chi connectivity index (χ1v) is 6.72. The molecular weight excluding hydrogens is 313 g/mol. The van der Waals surface area contributed by atoms with Gasteiger partial charge in [0.25, 0.3) is 5.91 Å². The molecule has 0 spiro atoms. The van der Waals surface area contributed by atoms with Crippen LogP contribution in [0.5, 0.6) is 0 Å². The molecule has 2 rings (SSSR count). The van der Waals surface area contributed by atoms with Crippen molar-refractivity contribution < 1.29 is 19.1 Å². The fourth-order valence-electron chi connectivity index (χ4n) is 1.98. The van der Waals surface area contributed by atoms with Crippen LogP contribution < -0.4 is 5.32 Å². The molecule has 1 aromatic heterocycles. The zero-order valence-electron chi connectivity index (χ0n) is 11.6. The quantitative estimate of drug-likeness (QED) is 0.882. The number of halogens is 2. The fourth-order valence-corrected chi connectivity index (χ4v) is 2.10. The molecule has 1 unspecified atom stereocenters. The van der Waals surface area contributed by atoms with Crippen LogP contribution >= 0.6 is 11.6 Å². The summed E-state index contributed by atoms with van der Waals surface area (Å²) in [6, 6.07) is 4.52. The Labute approximate surface area is 130 Å². The monoisotopic (exact) mass is 325 g/mol. The van der Waals surface area contributed by atoms with Gasteiger partial charge in [-0.3, -0.25) is 14.3 Å². The lowest BCUT2D eigenvalue weighted by Crippen LogP contribution is -2.31. The van der Waals surface area contributed by atoms with E-state index in [-0.39, 0.29) is 17.1 Å². The van der Waals surface area contributed by atoms with E-state index in [4.69, 9.17) is 16.7 Å². The first-order valence-electron chi connectivity index (χ1n) is 6.34. The van der Waals surface area contributed by atoms with E-state index in [9.17, 15) is 14.0 Å². The lowest BCUT2D eigenvalue weighted by Gasteiger charge is -2.17. The van der Waals surface area contributed by atoms with Gasteiger partial charge in [-0.25, -0.2) is 4.39 Å². The van der Waals surface area contributed by atoms with Crippen molar-refractivity contribution in [3.05, 3.63) is 52.6 Å². The highest BCUT2D eigenvalue weighted by atomic mass is 35.5. The van der Waals surface area contributed by atoms with Crippen molar-refractivity contribution >= 4 is 23.5 Å². The summed E-state index contributed by atoms with van der Waals surface area (Å²) < 4.78 is 14.9. The fraction of sp³-hybridized carbons (Fsp3) is 0.214. The van der Waals surface area contributed by atoms with Crippen molar-refractivity contribution in [3.8, 4) is 0 Å². The van der Waals surface area contributed by atoms with Crippen molar-refractivity contribution in [1.29, 1.82) is 0 Å². The third kappa shape index (κ3) is 3.62. The van der Waals surface area contributed by atoms with Crippen molar-refractivity contribution in [3.63, 3.8) is 0 Å². The molecule has 0 aliphatic carbocycles. The van der Waals surface area contributed by atoms with Crippen LogP contribution in [-0.4, -0.2) is 26.8 Å². The lowest BCUT2D eigenvalue weighted by molar-refractivity contribution is -0.137. The van der Waals surface area contributed by atoms with Gasteiger partial charge in [0.2, 0.25) is 0 Å². The Morgan fingerprint density at radius 1 is 1.45 bits per heavy atom. The van der Waals surface area contributed by atoms with Gasteiger partial charge in [0.15, 0.2) is 0 Å². The standard InChI is InChI=1S/C14H13ClFN3O3/c1-19-12(4-5-17-19)14(22)18-11(7-13(20)21)8-2-3-9(15)10(16)6-8/h2-6,11H,7H2,1H3,(H,18,22)(H,20,21). The number of benzene rings is 1. The number of carboxylic acids is 1. The summed E-state index contributed by atoms with van der Waals surface area (Å²) in [4.78, 5) is 23.1. The molecule has 0 fully saturated rings. The van der Waals surface area contributed by atoms with E-state index < -0.39 is 23.7 Å². The van der Waals surface area contributed by atoms with E-state index in [0.29, 0.717) is 5.56 Å². The molecule has 0 saturated carbocycles. The van der Waals surface area contributed by atoms with Crippen LogP contribution in [0.4, 0.5) is 4.39 Å². The van der Waals surface area contributed by atoms with Gasteiger partial charge in [0, 0.05) is 13.2 Å². The minimum Gasteiger partial charge on any atom is -0.481 e. The first-order chi connectivity index (χ1) is 10.4. The molecule has 22 heavy (non-hydrogen) atoms. The number of amides is 1. The van der Waals surface area contributed by atoms with Gasteiger partial charge in [-0.05, 0) is 23.8 Å². The number of nitrogens with one attached hydrogen (secondary N) is 1. The number of carboxylic acid groups (broad SMARTS) is 1. The maximum absolute atomic E-state index is 13.5. The molecule has 2 N–H and O–H groups in total. The summed E-state index contributed by atoms with van der Waals surface area (Å²) in [5.74, 6) is -2.29. The van der Waals surface area contributed by atoms with E-state index in [2.05, 4.69) is 10.4 Å². The largest absolute Gasteiger partial charge is 0.481 e. The minimum absolute atomic E-state index is 0.0733. The second-order valence-electron chi connectivity index (χ2n) is 4.64. The smallest absolute Gasteiger partial charge is 0.305 e. The molecule has 1 aromatic carbocycles. The second kappa shape index (κ2) is 6.57. The van der Waals surface area contributed by atoms with Crippen LogP contribution in [0.2, 0.25) is 5.02 Å². The predicted molar refractivity (Wildman–Crippen MR) is 77.1 cm³/mol. The van der Waals surface area contributed by atoms with E-state index in [1.807, 2.05) is 0 Å². The van der Waals surface area contributed by atoms with E-state index in [1.54, 1.807) is 7.05 Å². The van der Waals surface area contributed by atoms with E-state index in [1.165, 1.54) is 29.1 Å². The Morgan fingerprint density at radius 2 is 2.18 bits per heavy atom. The van der Waals surface area contributed by atoms with Gasteiger partial charge in [0.1, 0.15) is 11.5 Å². The Morgan fingerprint density at radius 3 is 2.73 bits per heavy atom. The number of aliphatic carboxylic acids is 1. The third-order valence-electron chi connectivity index (χ3n) is 3.08. The van der Waals surface area contributed by atoms with Gasteiger partial charge in [0.05, 0.1) is 17.5 Å². The molecule has 0 aliphatic heterocycles. The number of rotatable bonds is 5. The summed E-state index contributed by atoms with van der Waals surface area (Å²) in [6.07, 6.45) is 1.06. The van der Waals surface area contributed by atoms with Gasteiger partial charge in [-0.15, -0.1) is 0 Å². The molecule has 1 atom stereocenters. The van der Waals surface area contributed by atoms with Crippen LogP contribution in [0.15, 0.2) is 30.5 Å². The summed E-state index contributed by atoms with van der Waals surface area (Å²) in [5.41, 5.74) is 0.588. The highest BCUT2D eigenvalue weighted by Gasteiger charge is 2.21. The Balaban J connectivity index is 2.26. The molecule has 0 radical (unpaired) electrons. The van der Waals surface area contributed by atoms with Gasteiger partial charge < -0.3 is 10.4 Å². The summed E-state index contributed by atoms with van der Waals surface area (Å²) in [6.45, 7) is 0. The van der Waals surface area contributed by atoms with Gasteiger partial charge in [-0.2, -0.15) is 5.10 Å². The van der Waals surface area contributed by atoms with Crippen molar-refractivity contribution in [2.24, 2.45) is 7.05 Å². The first kappa shape index (κ1) is 16.0. The van der Waals surface area contributed by atoms with Gasteiger partial charge >= 0.3 is 5.97 Å². The zero-order chi connectivity index (χ0) is 16.3. The minimum atomic E-state index is -1.12. The van der Waals surface area contributed by atoms with Gasteiger partial charge in [-0.1, -0.05) is 17.7 Å². The highest BCUT2D eigenvalue weighted by molar-refractivity contribution is 6.30. The zero-order valence-corrected chi connectivity index (χ0v) is 12.3. The van der Waals surface area contributed by atoms with Crippen LogP contribution in [0, 0.1) is 5.82 Å². The lowest BCUT2D eigenvalue weighted by atomic mass is 10.0. The van der Waals surface area contributed by atoms with E-state index >= 15 is 0 Å². The Bertz CT molecular complexity index is 717. The SMILES string of the molecule is Cn1nccc1C(=O)NC(CC(=O)O)c1ccc(Cl)c(F)c1. The number of nitrogens with zero attached hydrogens (tertiary/aromatic N) is 2. The average Bonchev–Trinajstić information content (AvgIpc) is 2.87. The highest BCUT2D eigenvalue weighted by Crippen LogP contribution is 2.23. The van der Waals surface area contributed by atoms with E-state index in [0.717, 1.165) is 6.07 Å². The molecule has 2 aromatic rings. The van der Waals surface area contributed by atoms with Crippen molar-refractivity contribution in [2.45, 2.75) is 12.5 Å². The maximum atomic E-state index is 13.5. The number of carbonyl (C=O) groups is 2. The normalized spacial score (nSPS) is 12.0. The summed E-state index contributed by atoms with van der Waals surface area (Å²) >= 11 is 5.61. The average molecular weight is 326 g/mol. The number of aryl methyl sites for hydroxylation is 1. The van der Waals surface area contributed by atoms with Crippen molar-refractivity contribution in [2.75, 3.05) is 0 Å². The number of carbonyl (C=O) groups excluding carboxylic acids is 1. The molecule has 8 heteroatoms. The predicted octanol–water partition coefficient (Wildman–Crippen LogP) is 2.16. The molecule has 0 bridgehead atoms.